The van der Waals surface area contributed by atoms with Crippen molar-refractivity contribution in [3.05, 3.63) is 54.1 Å². The van der Waals surface area contributed by atoms with Gasteiger partial charge in [0, 0.05) is 32.0 Å². The smallest absolute Gasteiger partial charge is 0.241 e. The lowest BCUT2D eigenvalue weighted by Crippen LogP contribution is -2.41. The molecule has 2 heterocycles. The van der Waals surface area contributed by atoms with Crippen LogP contribution in [-0.2, 0) is 17.8 Å². The molecule has 0 spiro atoms. The van der Waals surface area contributed by atoms with Gasteiger partial charge < -0.3 is 15.2 Å². The number of benzene rings is 1. The van der Waals surface area contributed by atoms with Gasteiger partial charge in [0.05, 0.1) is 6.33 Å². The summed E-state index contributed by atoms with van der Waals surface area (Å²) in [5, 5.41) is 6.32. The van der Waals surface area contributed by atoms with E-state index in [0.717, 1.165) is 31.5 Å². The Balaban J connectivity index is 1.52. The molecule has 0 fully saturated rings. The first-order chi connectivity index (χ1) is 10.3. The van der Waals surface area contributed by atoms with Crippen molar-refractivity contribution in [1.82, 2.24) is 20.2 Å². The molecule has 1 aliphatic rings. The van der Waals surface area contributed by atoms with E-state index in [9.17, 15) is 4.79 Å². The molecule has 1 aromatic carbocycles. The average Bonchev–Trinajstić information content (AvgIpc) is 3.04. The number of imidazole rings is 1. The zero-order valence-electron chi connectivity index (χ0n) is 12.0. The van der Waals surface area contributed by atoms with Crippen molar-refractivity contribution >= 4 is 5.91 Å². The second kappa shape index (κ2) is 6.54. The summed E-state index contributed by atoms with van der Waals surface area (Å²) in [7, 11) is 0. The molecule has 2 aromatic rings. The number of carbonyl (C=O) groups excluding carboxylic acids is 1. The topological polar surface area (TPSA) is 59.0 Å². The third-order valence-corrected chi connectivity index (χ3v) is 3.82. The quantitative estimate of drug-likeness (QED) is 0.813. The lowest BCUT2D eigenvalue weighted by atomic mass is 9.94. The number of amides is 1. The standard InChI is InChI=1S/C16H20N4O/c21-16(19-7-3-10-20-11-9-17-12-20)15-14-5-2-1-4-13(14)6-8-18-15/h1-2,4-5,9,11-12,15,18H,3,6-8,10H2,(H,19,21). The molecule has 0 saturated carbocycles. The van der Waals surface area contributed by atoms with E-state index in [4.69, 9.17) is 0 Å². The van der Waals surface area contributed by atoms with Crippen LogP contribution >= 0.6 is 0 Å². The molecule has 1 unspecified atom stereocenters. The maximum atomic E-state index is 12.3. The van der Waals surface area contributed by atoms with Gasteiger partial charge >= 0.3 is 0 Å². The fraction of sp³-hybridized carbons (Fsp3) is 0.375. The van der Waals surface area contributed by atoms with Crippen LogP contribution in [0, 0.1) is 0 Å². The average molecular weight is 284 g/mol. The number of carbonyl (C=O) groups is 1. The molecule has 5 heteroatoms. The van der Waals surface area contributed by atoms with Crippen LogP contribution in [-0.4, -0.2) is 28.5 Å². The molecule has 3 rings (SSSR count). The van der Waals surface area contributed by atoms with E-state index in [2.05, 4.69) is 21.7 Å². The van der Waals surface area contributed by atoms with Gasteiger partial charge in [-0.25, -0.2) is 4.98 Å². The third kappa shape index (κ3) is 3.31. The predicted molar refractivity (Wildman–Crippen MR) is 80.7 cm³/mol. The number of rotatable bonds is 5. The Morgan fingerprint density at radius 2 is 2.33 bits per heavy atom. The first-order valence-corrected chi connectivity index (χ1v) is 7.39. The van der Waals surface area contributed by atoms with Crippen molar-refractivity contribution < 1.29 is 4.79 Å². The maximum absolute atomic E-state index is 12.3. The molecule has 0 bridgehead atoms. The van der Waals surface area contributed by atoms with E-state index in [1.165, 1.54) is 5.56 Å². The van der Waals surface area contributed by atoms with Crippen molar-refractivity contribution in [2.75, 3.05) is 13.1 Å². The van der Waals surface area contributed by atoms with Crippen LogP contribution in [0.15, 0.2) is 43.0 Å². The number of nitrogens with one attached hydrogen (secondary N) is 2. The molecule has 110 valence electrons. The number of fused-ring (bicyclic) bond motifs is 1. The van der Waals surface area contributed by atoms with Gasteiger partial charge in [-0.2, -0.15) is 0 Å². The van der Waals surface area contributed by atoms with Gasteiger partial charge in [0.1, 0.15) is 6.04 Å². The molecule has 1 amide bonds. The molecule has 0 aliphatic carbocycles. The normalized spacial score (nSPS) is 17.2. The highest BCUT2D eigenvalue weighted by Gasteiger charge is 2.25. The maximum Gasteiger partial charge on any atom is 0.241 e. The predicted octanol–water partition coefficient (Wildman–Crippen LogP) is 1.28. The lowest BCUT2D eigenvalue weighted by Gasteiger charge is -2.26. The number of aromatic nitrogens is 2. The molecule has 0 saturated heterocycles. The Labute approximate surface area is 124 Å². The number of nitrogens with zero attached hydrogens (tertiary/aromatic N) is 2. The summed E-state index contributed by atoms with van der Waals surface area (Å²) in [5.74, 6) is 0.0628. The van der Waals surface area contributed by atoms with Crippen LogP contribution < -0.4 is 10.6 Å². The van der Waals surface area contributed by atoms with Gasteiger partial charge in [-0.15, -0.1) is 0 Å². The lowest BCUT2D eigenvalue weighted by molar-refractivity contribution is -0.123. The summed E-state index contributed by atoms with van der Waals surface area (Å²) in [4.78, 5) is 16.3. The van der Waals surface area contributed by atoms with Crippen molar-refractivity contribution in [3.63, 3.8) is 0 Å². The minimum atomic E-state index is -0.219. The summed E-state index contributed by atoms with van der Waals surface area (Å²) < 4.78 is 2.01. The minimum Gasteiger partial charge on any atom is -0.354 e. The molecular weight excluding hydrogens is 264 g/mol. The van der Waals surface area contributed by atoms with E-state index >= 15 is 0 Å². The van der Waals surface area contributed by atoms with E-state index in [0.29, 0.717) is 6.54 Å². The van der Waals surface area contributed by atoms with Crippen LogP contribution in [0.25, 0.3) is 0 Å². The Bertz CT molecular complexity index is 594. The summed E-state index contributed by atoms with van der Waals surface area (Å²) in [6, 6.07) is 7.95. The molecule has 1 atom stereocenters. The van der Waals surface area contributed by atoms with E-state index < -0.39 is 0 Å². The molecule has 2 N–H and O–H groups in total. The largest absolute Gasteiger partial charge is 0.354 e. The number of aryl methyl sites for hydroxylation is 1. The van der Waals surface area contributed by atoms with Crippen molar-refractivity contribution in [3.8, 4) is 0 Å². The number of hydrogen-bond acceptors (Lipinski definition) is 3. The zero-order chi connectivity index (χ0) is 14.5. The third-order valence-electron chi connectivity index (χ3n) is 3.82. The highest BCUT2D eigenvalue weighted by atomic mass is 16.2. The Morgan fingerprint density at radius 3 is 3.19 bits per heavy atom. The van der Waals surface area contributed by atoms with Crippen molar-refractivity contribution in [2.24, 2.45) is 0 Å². The first-order valence-electron chi connectivity index (χ1n) is 7.39. The fourth-order valence-corrected chi connectivity index (χ4v) is 2.73. The monoisotopic (exact) mass is 284 g/mol. The van der Waals surface area contributed by atoms with Crippen molar-refractivity contribution in [1.29, 1.82) is 0 Å². The van der Waals surface area contributed by atoms with Gasteiger partial charge in [-0.1, -0.05) is 24.3 Å². The zero-order valence-corrected chi connectivity index (χ0v) is 12.0. The summed E-state index contributed by atoms with van der Waals surface area (Å²) in [6.07, 6.45) is 7.38. The highest BCUT2D eigenvalue weighted by molar-refractivity contribution is 5.83. The van der Waals surface area contributed by atoms with Crippen LogP contribution in [0.2, 0.25) is 0 Å². The molecular formula is C16H20N4O. The van der Waals surface area contributed by atoms with Gasteiger partial charge in [0.2, 0.25) is 5.91 Å². The Hall–Kier alpha value is -2.14. The summed E-state index contributed by atoms with van der Waals surface area (Å²) in [5.41, 5.74) is 2.38. The fourth-order valence-electron chi connectivity index (χ4n) is 2.73. The van der Waals surface area contributed by atoms with Crippen LogP contribution in [0.1, 0.15) is 23.6 Å². The van der Waals surface area contributed by atoms with Gasteiger partial charge in [-0.05, 0) is 24.0 Å². The van der Waals surface area contributed by atoms with E-state index in [1.807, 2.05) is 29.0 Å². The van der Waals surface area contributed by atoms with Gasteiger partial charge in [0.25, 0.3) is 0 Å². The molecule has 1 aromatic heterocycles. The number of hydrogen-bond donors (Lipinski definition) is 2. The molecule has 1 aliphatic heterocycles. The van der Waals surface area contributed by atoms with Crippen molar-refractivity contribution in [2.45, 2.75) is 25.4 Å². The summed E-state index contributed by atoms with van der Waals surface area (Å²) >= 11 is 0. The van der Waals surface area contributed by atoms with E-state index in [-0.39, 0.29) is 11.9 Å². The summed E-state index contributed by atoms with van der Waals surface area (Å²) in [6.45, 7) is 2.40. The van der Waals surface area contributed by atoms with Gasteiger partial charge in [0.15, 0.2) is 0 Å². The highest BCUT2D eigenvalue weighted by Crippen LogP contribution is 2.22. The van der Waals surface area contributed by atoms with Crippen LogP contribution in [0.5, 0.6) is 0 Å². The Kier molecular flexibility index (Phi) is 4.31. The SMILES string of the molecule is O=C(NCCCn1ccnc1)C1NCCc2ccccc21. The second-order valence-corrected chi connectivity index (χ2v) is 5.28. The molecule has 0 radical (unpaired) electrons. The molecule has 21 heavy (non-hydrogen) atoms. The Morgan fingerprint density at radius 1 is 1.43 bits per heavy atom. The van der Waals surface area contributed by atoms with E-state index in [1.54, 1.807) is 12.5 Å². The minimum absolute atomic E-state index is 0.0628. The first kappa shape index (κ1) is 13.8. The second-order valence-electron chi connectivity index (χ2n) is 5.28. The van der Waals surface area contributed by atoms with Gasteiger partial charge in [-0.3, -0.25) is 4.79 Å². The van der Waals surface area contributed by atoms with Crippen LogP contribution in [0.3, 0.4) is 0 Å². The van der Waals surface area contributed by atoms with Crippen LogP contribution in [0.4, 0.5) is 0 Å². The molecule has 5 nitrogen and oxygen atoms in total.